The van der Waals surface area contributed by atoms with Crippen LogP contribution in [0.2, 0.25) is 5.02 Å². The quantitative estimate of drug-likeness (QED) is 0.875. The zero-order chi connectivity index (χ0) is 14.8. The fourth-order valence-electron chi connectivity index (χ4n) is 2.93. The summed E-state index contributed by atoms with van der Waals surface area (Å²) in [6.07, 6.45) is 2.50. The molecular formula is C16H23ClN2O2. The maximum atomic E-state index is 9.40. The predicted octanol–water partition coefficient (Wildman–Crippen LogP) is 2.18. The van der Waals surface area contributed by atoms with Gasteiger partial charge in [0.25, 0.3) is 0 Å². The van der Waals surface area contributed by atoms with Gasteiger partial charge in [0.1, 0.15) is 0 Å². The largest absolute Gasteiger partial charge is 0.394 e. The van der Waals surface area contributed by atoms with Gasteiger partial charge < -0.3 is 20.1 Å². The summed E-state index contributed by atoms with van der Waals surface area (Å²) in [7, 11) is 0. The number of aliphatic hydroxyl groups is 1. The minimum atomic E-state index is -0.144. The zero-order valence-electron chi connectivity index (χ0n) is 12.4. The minimum absolute atomic E-state index is 0.0426. The van der Waals surface area contributed by atoms with Crippen molar-refractivity contribution in [2.75, 3.05) is 24.6 Å². The Morgan fingerprint density at radius 2 is 2.19 bits per heavy atom. The Kier molecular flexibility index (Phi) is 4.69. The van der Waals surface area contributed by atoms with Gasteiger partial charge in [0.05, 0.1) is 29.5 Å². The molecule has 1 saturated heterocycles. The van der Waals surface area contributed by atoms with Crippen LogP contribution in [0, 0.1) is 0 Å². The van der Waals surface area contributed by atoms with Crippen LogP contribution in [-0.4, -0.2) is 43.1 Å². The molecule has 3 rings (SSSR count). The van der Waals surface area contributed by atoms with E-state index in [2.05, 4.69) is 16.3 Å². The van der Waals surface area contributed by atoms with Crippen molar-refractivity contribution in [2.24, 2.45) is 0 Å². The van der Waals surface area contributed by atoms with Gasteiger partial charge in [0.2, 0.25) is 0 Å². The number of ether oxygens (including phenoxy) is 1. The lowest BCUT2D eigenvalue weighted by molar-refractivity contribution is -0.0421. The Hall–Kier alpha value is -0.810. The van der Waals surface area contributed by atoms with Crippen LogP contribution in [0.3, 0.4) is 0 Å². The minimum Gasteiger partial charge on any atom is -0.394 e. The van der Waals surface area contributed by atoms with Crippen LogP contribution < -0.4 is 10.2 Å². The molecule has 1 aliphatic carbocycles. The van der Waals surface area contributed by atoms with Crippen molar-refractivity contribution in [1.82, 2.24) is 5.32 Å². The van der Waals surface area contributed by atoms with Crippen molar-refractivity contribution in [3.63, 3.8) is 0 Å². The second-order valence-corrected chi connectivity index (χ2v) is 6.47. The number of hydrogen-bond donors (Lipinski definition) is 2. The third-order valence-electron chi connectivity index (χ3n) is 4.08. The van der Waals surface area contributed by atoms with E-state index in [1.54, 1.807) is 0 Å². The van der Waals surface area contributed by atoms with Gasteiger partial charge in [0, 0.05) is 25.7 Å². The summed E-state index contributed by atoms with van der Waals surface area (Å²) in [5.41, 5.74) is 2.31. The van der Waals surface area contributed by atoms with Crippen LogP contribution >= 0.6 is 11.6 Å². The number of halogens is 1. The highest BCUT2D eigenvalue weighted by molar-refractivity contribution is 6.33. The molecule has 2 atom stereocenters. The van der Waals surface area contributed by atoms with E-state index in [-0.39, 0.29) is 18.8 Å². The highest BCUT2D eigenvalue weighted by atomic mass is 35.5. The number of nitrogens with zero attached hydrogens (tertiary/aromatic N) is 1. The van der Waals surface area contributed by atoms with E-state index in [0.717, 1.165) is 23.8 Å². The van der Waals surface area contributed by atoms with E-state index in [4.69, 9.17) is 16.3 Å². The normalized spacial score (nSPS) is 26.1. The molecule has 0 radical (unpaired) electrons. The average Bonchev–Trinajstić information content (AvgIpc) is 3.28. The van der Waals surface area contributed by atoms with Gasteiger partial charge in [-0.3, -0.25) is 0 Å². The lowest BCUT2D eigenvalue weighted by Crippen LogP contribution is -2.48. The lowest BCUT2D eigenvalue weighted by atomic mass is 10.1. The van der Waals surface area contributed by atoms with Crippen molar-refractivity contribution in [3.8, 4) is 0 Å². The number of aliphatic hydroxyl groups excluding tert-OH is 1. The summed E-state index contributed by atoms with van der Waals surface area (Å²) in [5.74, 6) is 0. The van der Waals surface area contributed by atoms with Gasteiger partial charge in [-0.1, -0.05) is 23.7 Å². The van der Waals surface area contributed by atoms with Crippen molar-refractivity contribution < 1.29 is 9.84 Å². The molecule has 1 aromatic carbocycles. The van der Waals surface area contributed by atoms with Crippen LogP contribution in [0.5, 0.6) is 0 Å². The molecule has 4 nitrogen and oxygen atoms in total. The molecule has 21 heavy (non-hydrogen) atoms. The van der Waals surface area contributed by atoms with Gasteiger partial charge >= 0.3 is 0 Å². The SMILES string of the molecule is CC1CN(c2c(Cl)cccc2CNC2CC2)CC(CO)O1. The Morgan fingerprint density at radius 1 is 1.38 bits per heavy atom. The second-order valence-electron chi connectivity index (χ2n) is 6.06. The summed E-state index contributed by atoms with van der Waals surface area (Å²) in [5, 5.41) is 13.7. The monoisotopic (exact) mass is 310 g/mol. The van der Waals surface area contributed by atoms with E-state index in [0.29, 0.717) is 12.6 Å². The number of hydrogen-bond acceptors (Lipinski definition) is 4. The molecule has 2 N–H and O–H groups in total. The highest BCUT2D eigenvalue weighted by Gasteiger charge is 2.28. The number of nitrogens with one attached hydrogen (secondary N) is 1. The highest BCUT2D eigenvalue weighted by Crippen LogP contribution is 2.32. The number of benzene rings is 1. The van der Waals surface area contributed by atoms with Crippen molar-refractivity contribution in [3.05, 3.63) is 28.8 Å². The molecule has 0 amide bonds. The number of rotatable bonds is 5. The second kappa shape index (κ2) is 6.53. The maximum absolute atomic E-state index is 9.40. The lowest BCUT2D eigenvalue weighted by Gasteiger charge is -2.38. The topological polar surface area (TPSA) is 44.7 Å². The van der Waals surface area contributed by atoms with Gasteiger partial charge in [-0.15, -0.1) is 0 Å². The molecule has 1 aliphatic heterocycles. The van der Waals surface area contributed by atoms with Gasteiger partial charge in [-0.25, -0.2) is 0 Å². The third-order valence-corrected chi connectivity index (χ3v) is 4.38. The molecule has 1 saturated carbocycles. The van der Waals surface area contributed by atoms with Gasteiger partial charge in [0.15, 0.2) is 0 Å². The molecule has 116 valence electrons. The molecule has 1 heterocycles. The first kappa shape index (κ1) is 15.1. The molecule has 2 unspecified atom stereocenters. The summed E-state index contributed by atoms with van der Waals surface area (Å²) < 4.78 is 5.72. The van der Waals surface area contributed by atoms with Crippen LogP contribution in [0.1, 0.15) is 25.3 Å². The molecule has 0 aromatic heterocycles. The van der Waals surface area contributed by atoms with Gasteiger partial charge in [-0.2, -0.15) is 0 Å². The summed E-state index contributed by atoms with van der Waals surface area (Å²) in [6, 6.07) is 6.74. The van der Waals surface area contributed by atoms with E-state index < -0.39 is 0 Å². The summed E-state index contributed by atoms with van der Waals surface area (Å²) in [4.78, 5) is 2.25. The molecule has 2 fully saturated rings. The number of anilines is 1. The third kappa shape index (κ3) is 3.69. The first-order valence-corrected chi connectivity index (χ1v) is 8.07. The number of para-hydroxylation sites is 1. The molecule has 1 aromatic rings. The number of morpholine rings is 1. The first-order chi connectivity index (χ1) is 10.2. The molecule has 2 aliphatic rings. The predicted molar refractivity (Wildman–Crippen MR) is 84.9 cm³/mol. The van der Waals surface area contributed by atoms with E-state index >= 15 is 0 Å². The smallest absolute Gasteiger partial charge is 0.0984 e. The van der Waals surface area contributed by atoms with Crippen molar-refractivity contribution in [1.29, 1.82) is 0 Å². The van der Waals surface area contributed by atoms with E-state index in [1.807, 2.05) is 19.1 Å². The summed E-state index contributed by atoms with van der Waals surface area (Å²) >= 11 is 6.46. The first-order valence-electron chi connectivity index (χ1n) is 7.69. The Balaban J connectivity index is 1.81. The fraction of sp³-hybridized carbons (Fsp3) is 0.625. The molecular weight excluding hydrogens is 288 g/mol. The van der Waals surface area contributed by atoms with Gasteiger partial charge in [-0.05, 0) is 31.4 Å². The van der Waals surface area contributed by atoms with Crippen molar-refractivity contribution in [2.45, 2.75) is 44.6 Å². The Morgan fingerprint density at radius 3 is 2.90 bits per heavy atom. The Labute approximate surface area is 131 Å². The zero-order valence-corrected chi connectivity index (χ0v) is 13.1. The van der Waals surface area contributed by atoms with E-state index in [9.17, 15) is 5.11 Å². The Bertz CT molecular complexity index is 493. The standard InChI is InChI=1S/C16H23ClN2O2/c1-11-8-19(9-14(10-20)21-11)16-12(3-2-4-15(16)17)7-18-13-5-6-13/h2-4,11,13-14,18,20H,5-10H2,1H3. The van der Waals surface area contributed by atoms with Crippen LogP contribution in [0.25, 0.3) is 0 Å². The van der Waals surface area contributed by atoms with E-state index in [1.165, 1.54) is 18.4 Å². The maximum Gasteiger partial charge on any atom is 0.0984 e. The van der Waals surface area contributed by atoms with Crippen molar-refractivity contribution >= 4 is 17.3 Å². The molecule has 0 spiro atoms. The average molecular weight is 311 g/mol. The van der Waals surface area contributed by atoms with Crippen LogP contribution in [-0.2, 0) is 11.3 Å². The summed E-state index contributed by atoms with van der Waals surface area (Å²) in [6.45, 7) is 4.41. The molecule has 0 bridgehead atoms. The molecule has 5 heteroatoms. The van der Waals surface area contributed by atoms with Crippen LogP contribution in [0.15, 0.2) is 18.2 Å². The fourth-order valence-corrected chi connectivity index (χ4v) is 3.24. The van der Waals surface area contributed by atoms with Crippen LogP contribution in [0.4, 0.5) is 5.69 Å².